The number of halogens is 2. The monoisotopic (exact) mass is 456 g/mol. The van der Waals surface area contributed by atoms with Crippen molar-refractivity contribution in [2.45, 2.75) is 24.7 Å². The lowest BCUT2D eigenvalue weighted by Crippen LogP contribution is -2.38. The molecule has 1 fully saturated rings. The molecule has 0 unspecified atom stereocenters. The van der Waals surface area contributed by atoms with E-state index in [9.17, 15) is 13.2 Å². The lowest BCUT2D eigenvalue weighted by atomic mass is 9.98. The molecule has 29 heavy (non-hydrogen) atoms. The number of benzene rings is 2. The zero-order valence-electron chi connectivity index (χ0n) is 16.1. The molecule has 0 spiro atoms. The van der Waals surface area contributed by atoms with Crippen LogP contribution in [-0.4, -0.2) is 39.4 Å². The molecule has 0 aromatic heterocycles. The summed E-state index contributed by atoms with van der Waals surface area (Å²) in [5, 5.41) is 0.558. The van der Waals surface area contributed by atoms with E-state index in [1.54, 1.807) is 11.0 Å². The predicted octanol–water partition coefficient (Wildman–Crippen LogP) is 4.67. The molecule has 9 heteroatoms. The van der Waals surface area contributed by atoms with Gasteiger partial charge in [-0.3, -0.25) is 9.52 Å². The summed E-state index contributed by atoms with van der Waals surface area (Å²) in [6.07, 6.45) is 1.84. The zero-order chi connectivity index (χ0) is 21.2. The molecule has 1 N–H and O–H groups in total. The Hall–Kier alpha value is -1.96. The van der Waals surface area contributed by atoms with Gasteiger partial charge in [0.15, 0.2) is 0 Å². The predicted molar refractivity (Wildman–Crippen MR) is 115 cm³/mol. The van der Waals surface area contributed by atoms with Crippen LogP contribution >= 0.6 is 23.2 Å². The molecular weight excluding hydrogens is 435 g/mol. The Balaban J connectivity index is 1.93. The summed E-state index contributed by atoms with van der Waals surface area (Å²) in [6.45, 7) is 3.43. The Bertz CT molecular complexity index is 1020. The van der Waals surface area contributed by atoms with Crippen LogP contribution in [0.15, 0.2) is 41.3 Å². The van der Waals surface area contributed by atoms with Gasteiger partial charge < -0.3 is 9.64 Å². The van der Waals surface area contributed by atoms with Gasteiger partial charge >= 0.3 is 0 Å². The van der Waals surface area contributed by atoms with E-state index < -0.39 is 10.0 Å². The molecule has 2 aromatic rings. The highest BCUT2D eigenvalue weighted by atomic mass is 35.5. The van der Waals surface area contributed by atoms with E-state index in [0.717, 1.165) is 12.8 Å². The van der Waals surface area contributed by atoms with Crippen molar-refractivity contribution < 1.29 is 17.9 Å². The van der Waals surface area contributed by atoms with Crippen LogP contribution in [0.1, 0.15) is 30.1 Å². The summed E-state index contributed by atoms with van der Waals surface area (Å²) in [5.41, 5.74) is 0.370. The minimum absolute atomic E-state index is 0.0666. The molecule has 1 heterocycles. The lowest BCUT2D eigenvalue weighted by Gasteiger charge is -2.30. The molecule has 0 bridgehead atoms. The number of piperidine rings is 1. The van der Waals surface area contributed by atoms with Crippen molar-refractivity contribution in [3.05, 3.63) is 52.0 Å². The van der Waals surface area contributed by atoms with Crippen LogP contribution in [0.2, 0.25) is 10.0 Å². The van der Waals surface area contributed by atoms with Gasteiger partial charge in [-0.15, -0.1) is 0 Å². The highest BCUT2D eigenvalue weighted by molar-refractivity contribution is 7.92. The van der Waals surface area contributed by atoms with E-state index in [2.05, 4.69) is 11.6 Å². The van der Waals surface area contributed by atoms with Crippen molar-refractivity contribution in [1.29, 1.82) is 0 Å². The molecule has 1 aliphatic rings. The second-order valence-electron chi connectivity index (χ2n) is 7.07. The first kappa shape index (κ1) is 21.7. The van der Waals surface area contributed by atoms with Crippen LogP contribution in [0.5, 0.6) is 5.75 Å². The average molecular weight is 457 g/mol. The van der Waals surface area contributed by atoms with Crippen molar-refractivity contribution in [2.24, 2.45) is 5.92 Å². The van der Waals surface area contributed by atoms with Crippen molar-refractivity contribution in [1.82, 2.24) is 4.90 Å². The van der Waals surface area contributed by atoms with Gasteiger partial charge in [0.2, 0.25) is 0 Å². The van der Waals surface area contributed by atoms with Crippen LogP contribution < -0.4 is 9.46 Å². The first-order valence-electron chi connectivity index (χ1n) is 9.16. The van der Waals surface area contributed by atoms with Gasteiger partial charge in [-0.05, 0) is 55.2 Å². The second-order valence-corrected chi connectivity index (χ2v) is 9.59. The molecule has 1 saturated heterocycles. The summed E-state index contributed by atoms with van der Waals surface area (Å²) in [6, 6.07) is 8.68. The van der Waals surface area contributed by atoms with E-state index in [4.69, 9.17) is 27.9 Å². The Morgan fingerprint density at radius 2 is 1.83 bits per heavy atom. The van der Waals surface area contributed by atoms with E-state index in [1.165, 1.54) is 37.4 Å². The summed E-state index contributed by atoms with van der Waals surface area (Å²) < 4.78 is 33.5. The van der Waals surface area contributed by atoms with E-state index in [-0.39, 0.29) is 27.1 Å². The Morgan fingerprint density at radius 3 is 2.48 bits per heavy atom. The second kappa shape index (κ2) is 8.81. The smallest absolute Gasteiger partial charge is 0.261 e. The van der Waals surface area contributed by atoms with Crippen molar-refractivity contribution in [2.75, 3.05) is 24.9 Å². The number of carbonyl (C=O) groups excluding carboxylic acids is 1. The average Bonchev–Trinajstić information content (AvgIpc) is 2.70. The number of likely N-dealkylation sites (tertiary alicyclic amines) is 1. The van der Waals surface area contributed by atoms with Crippen LogP contribution in [0.25, 0.3) is 0 Å². The van der Waals surface area contributed by atoms with Gasteiger partial charge in [0, 0.05) is 18.1 Å². The number of sulfonamides is 1. The maximum atomic E-state index is 13.0. The van der Waals surface area contributed by atoms with Gasteiger partial charge in [-0.25, -0.2) is 8.42 Å². The Labute approximate surface area is 180 Å². The molecule has 6 nitrogen and oxygen atoms in total. The SMILES string of the molecule is COc1ccc(S(=O)(=O)Nc2cc(Cl)ccc2Cl)cc1C(=O)N1CCC(C)CC1. The van der Waals surface area contributed by atoms with Gasteiger partial charge in [-0.1, -0.05) is 30.1 Å². The highest BCUT2D eigenvalue weighted by Crippen LogP contribution is 2.30. The van der Waals surface area contributed by atoms with Crippen LogP contribution in [0.4, 0.5) is 5.69 Å². The number of carbonyl (C=O) groups is 1. The fourth-order valence-electron chi connectivity index (χ4n) is 3.18. The van der Waals surface area contributed by atoms with Crippen molar-refractivity contribution >= 4 is 44.8 Å². The minimum Gasteiger partial charge on any atom is -0.496 e. The van der Waals surface area contributed by atoms with Crippen molar-refractivity contribution in [3.63, 3.8) is 0 Å². The van der Waals surface area contributed by atoms with Crippen LogP contribution in [0.3, 0.4) is 0 Å². The molecule has 1 amide bonds. The minimum atomic E-state index is -3.99. The largest absolute Gasteiger partial charge is 0.496 e. The molecule has 3 rings (SSSR count). The maximum Gasteiger partial charge on any atom is 0.261 e. The number of anilines is 1. The molecule has 0 atom stereocenters. The first-order valence-corrected chi connectivity index (χ1v) is 11.4. The molecular formula is C20H22Cl2N2O4S. The third-order valence-electron chi connectivity index (χ3n) is 4.96. The molecule has 0 aliphatic carbocycles. The van der Waals surface area contributed by atoms with E-state index >= 15 is 0 Å². The maximum absolute atomic E-state index is 13.0. The number of rotatable bonds is 5. The molecule has 1 aliphatic heterocycles. The van der Waals surface area contributed by atoms with Crippen LogP contribution in [-0.2, 0) is 10.0 Å². The van der Waals surface area contributed by atoms with Gasteiger partial charge in [-0.2, -0.15) is 0 Å². The van der Waals surface area contributed by atoms with Crippen molar-refractivity contribution in [3.8, 4) is 5.75 Å². The number of nitrogens with one attached hydrogen (secondary N) is 1. The molecule has 0 radical (unpaired) electrons. The summed E-state index contributed by atoms with van der Waals surface area (Å²) >= 11 is 12.0. The van der Waals surface area contributed by atoms with Gasteiger partial charge in [0.05, 0.1) is 28.3 Å². The molecule has 2 aromatic carbocycles. The lowest BCUT2D eigenvalue weighted by molar-refractivity contribution is 0.0693. The summed E-state index contributed by atoms with van der Waals surface area (Å²) in [5.74, 6) is 0.652. The van der Waals surface area contributed by atoms with E-state index in [1.807, 2.05) is 0 Å². The summed E-state index contributed by atoms with van der Waals surface area (Å²) in [7, 11) is -2.55. The number of nitrogens with zero attached hydrogens (tertiary/aromatic N) is 1. The Kier molecular flexibility index (Phi) is 6.61. The van der Waals surface area contributed by atoms with Gasteiger partial charge in [0.25, 0.3) is 15.9 Å². The number of hydrogen-bond acceptors (Lipinski definition) is 4. The third kappa shape index (κ3) is 4.97. The standard InChI is InChI=1S/C20H22Cl2N2O4S/c1-13-7-9-24(10-8-13)20(25)16-12-15(4-6-19(16)28-2)29(26,27)23-18-11-14(21)3-5-17(18)22/h3-6,11-13,23H,7-10H2,1-2H3. The van der Waals surface area contributed by atoms with Crippen LogP contribution in [0, 0.1) is 5.92 Å². The fraction of sp³-hybridized carbons (Fsp3) is 0.350. The quantitative estimate of drug-likeness (QED) is 0.708. The van der Waals surface area contributed by atoms with E-state index in [0.29, 0.717) is 29.8 Å². The third-order valence-corrected chi connectivity index (χ3v) is 6.88. The highest BCUT2D eigenvalue weighted by Gasteiger charge is 2.26. The first-order chi connectivity index (χ1) is 13.7. The number of hydrogen-bond donors (Lipinski definition) is 1. The molecule has 0 saturated carbocycles. The topological polar surface area (TPSA) is 75.7 Å². The zero-order valence-corrected chi connectivity index (χ0v) is 18.4. The number of methoxy groups -OCH3 is 1. The fourth-order valence-corrected chi connectivity index (χ4v) is 4.67. The van der Waals surface area contributed by atoms with Gasteiger partial charge in [0.1, 0.15) is 5.75 Å². The molecule has 156 valence electrons. The summed E-state index contributed by atoms with van der Waals surface area (Å²) in [4.78, 5) is 14.7. The normalized spacial score (nSPS) is 15.2. The number of ether oxygens (including phenoxy) is 1. The Morgan fingerprint density at radius 1 is 1.14 bits per heavy atom. The number of amides is 1.